The van der Waals surface area contributed by atoms with Gasteiger partial charge in [0.05, 0.1) is 5.41 Å². The van der Waals surface area contributed by atoms with Gasteiger partial charge >= 0.3 is 0 Å². The second-order valence-corrected chi connectivity index (χ2v) is 17.9. The third kappa shape index (κ3) is 5.42. The Labute approximate surface area is 371 Å². The van der Waals surface area contributed by atoms with Crippen LogP contribution in [0, 0.1) is 0 Å². The fourth-order valence-electron chi connectivity index (χ4n) is 10.7. The van der Waals surface area contributed by atoms with Gasteiger partial charge in [-0.25, -0.2) is 0 Å². The second-order valence-electron chi connectivity index (χ2n) is 16.8. The number of thiophene rings is 1. The topological polar surface area (TPSA) is 3.24 Å². The Bertz CT molecular complexity index is 3450. The molecular formula is C61H39NS. The highest BCUT2D eigenvalue weighted by atomic mass is 32.1. The molecule has 2 heteroatoms. The quantitative estimate of drug-likeness (QED) is 0.162. The molecule has 63 heavy (non-hydrogen) atoms. The third-order valence-electron chi connectivity index (χ3n) is 13.5. The zero-order chi connectivity index (χ0) is 41.5. The van der Waals surface area contributed by atoms with Gasteiger partial charge < -0.3 is 4.90 Å². The van der Waals surface area contributed by atoms with Gasteiger partial charge in [0.25, 0.3) is 0 Å². The minimum atomic E-state index is -0.547. The molecule has 1 nitrogen and oxygen atoms in total. The van der Waals surface area contributed by atoms with Crippen molar-refractivity contribution in [1.82, 2.24) is 0 Å². The molecule has 0 amide bonds. The normalized spacial score (nSPS) is 14.4. The average molecular weight is 818 g/mol. The molecule has 0 radical (unpaired) electrons. The van der Waals surface area contributed by atoms with Gasteiger partial charge in [0.1, 0.15) is 0 Å². The number of fused-ring (bicyclic) bond motifs is 14. The van der Waals surface area contributed by atoms with Gasteiger partial charge in [-0.15, -0.1) is 11.3 Å². The predicted molar refractivity (Wildman–Crippen MR) is 267 cm³/mol. The Balaban J connectivity index is 1.09. The molecule has 294 valence electrons. The first kappa shape index (κ1) is 35.9. The van der Waals surface area contributed by atoms with Crippen LogP contribution in [0.3, 0.4) is 0 Å². The summed E-state index contributed by atoms with van der Waals surface area (Å²) in [5, 5.41) is 2.68. The van der Waals surface area contributed by atoms with Gasteiger partial charge in [-0.05, 0) is 132 Å². The molecule has 1 spiro atoms. The van der Waals surface area contributed by atoms with E-state index in [0.29, 0.717) is 0 Å². The van der Waals surface area contributed by atoms with Gasteiger partial charge in [0.15, 0.2) is 0 Å². The lowest BCUT2D eigenvalue weighted by atomic mass is 9.70. The molecule has 0 saturated carbocycles. The number of anilines is 3. The summed E-state index contributed by atoms with van der Waals surface area (Å²) in [4.78, 5) is 2.44. The van der Waals surface area contributed by atoms with Gasteiger partial charge in [-0.2, -0.15) is 0 Å². The van der Waals surface area contributed by atoms with Crippen LogP contribution in [0.15, 0.2) is 237 Å². The molecule has 2 aliphatic carbocycles. The Morgan fingerprint density at radius 1 is 0.302 bits per heavy atom. The first-order valence-electron chi connectivity index (χ1n) is 21.7. The number of nitrogens with zero attached hydrogens (tertiary/aromatic N) is 1. The molecule has 0 bridgehead atoms. The average Bonchev–Trinajstić information content (AvgIpc) is 3.99. The molecule has 11 aromatic rings. The van der Waals surface area contributed by atoms with Gasteiger partial charge in [0.2, 0.25) is 0 Å². The molecule has 0 aliphatic heterocycles. The predicted octanol–water partition coefficient (Wildman–Crippen LogP) is 16.9. The van der Waals surface area contributed by atoms with Crippen LogP contribution in [-0.4, -0.2) is 0 Å². The lowest BCUT2D eigenvalue weighted by molar-refractivity contribution is 0.794. The third-order valence-corrected chi connectivity index (χ3v) is 14.6. The van der Waals surface area contributed by atoms with Crippen LogP contribution in [0.5, 0.6) is 0 Å². The highest BCUT2D eigenvalue weighted by molar-refractivity contribution is 7.26. The Kier molecular flexibility index (Phi) is 8.06. The molecule has 1 atom stereocenters. The number of hydrogen-bond donors (Lipinski definition) is 0. The molecular weight excluding hydrogens is 779 g/mol. The highest BCUT2D eigenvalue weighted by Gasteiger charge is 2.52. The van der Waals surface area contributed by atoms with E-state index in [1.807, 2.05) is 11.3 Å². The zero-order valence-corrected chi connectivity index (χ0v) is 35.2. The lowest BCUT2D eigenvalue weighted by Gasteiger charge is -2.32. The van der Waals surface area contributed by atoms with E-state index < -0.39 is 5.41 Å². The SMILES string of the molecule is c1ccc(-c2ccc(N(c3ccc(-c4ccccc4)cc3)c3ccc4c(c3)C3(c5ccccc5-c5ccc(-c6ccccc6)cc53)c3ccc5sc6ccccc6c5c3-4)cc2)cc1. The standard InChI is InChI=1S/C61H39NS/c1-4-14-40(15-5-1)43-24-29-46(30-25-43)62(47-31-26-44(27-32-47)41-16-6-2-7-17-41)48-33-35-51-56(39-48)61(54-36-37-58-60(59(51)54)52-21-11-13-23-57(52)63-58)53-22-12-10-20-49(53)50-34-28-45(38-55(50)61)42-18-8-3-9-19-42/h1-39H. The van der Waals surface area contributed by atoms with E-state index in [0.717, 1.165) is 17.1 Å². The minimum absolute atomic E-state index is 0.547. The van der Waals surface area contributed by atoms with Crippen LogP contribution in [0.25, 0.3) is 75.8 Å². The molecule has 0 N–H and O–H groups in total. The van der Waals surface area contributed by atoms with Crippen LogP contribution in [0.1, 0.15) is 22.3 Å². The van der Waals surface area contributed by atoms with Crippen LogP contribution >= 0.6 is 11.3 Å². The molecule has 1 heterocycles. The van der Waals surface area contributed by atoms with Gasteiger partial charge in [-0.1, -0.05) is 182 Å². The molecule has 1 aromatic heterocycles. The number of rotatable bonds is 6. The smallest absolute Gasteiger partial charge is 0.0726 e. The first-order valence-corrected chi connectivity index (χ1v) is 22.6. The molecule has 0 fully saturated rings. The van der Waals surface area contributed by atoms with E-state index >= 15 is 0 Å². The molecule has 2 aliphatic rings. The summed E-state index contributed by atoms with van der Waals surface area (Å²) in [6.45, 7) is 0. The van der Waals surface area contributed by atoms with Crippen LogP contribution in [0.2, 0.25) is 0 Å². The fraction of sp³-hybridized carbons (Fsp3) is 0.0164. The maximum atomic E-state index is 2.52. The monoisotopic (exact) mass is 817 g/mol. The summed E-state index contributed by atoms with van der Waals surface area (Å²) in [6.07, 6.45) is 0. The van der Waals surface area contributed by atoms with Crippen LogP contribution < -0.4 is 4.90 Å². The van der Waals surface area contributed by atoms with E-state index in [1.54, 1.807) is 0 Å². The van der Waals surface area contributed by atoms with E-state index in [2.05, 4.69) is 241 Å². The van der Waals surface area contributed by atoms with Gasteiger partial charge in [0, 0.05) is 37.2 Å². The lowest BCUT2D eigenvalue weighted by Crippen LogP contribution is -2.26. The highest BCUT2D eigenvalue weighted by Crippen LogP contribution is 2.65. The maximum absolute atomic E-state index is 2.52. The molecule has 1 unspecified atom stereocenters. The fourth-order valence-corrected chi connectivity index (χ4v) is 11.9. The van der Waals surface area contributed by atoms with Crippen molar-refractivity contribution in [3.05, 3.63) is 259 Å². The summed E-state index contributed by atoms with van der Waals surface area (Å²) in [5.74, 6) is 0. The summed E-state index contributed by atoms with van der Waals surface area (Å²) in [5.41, 5.74) is 20.7. The van der Waals surface area contributed by atoms with E-state index in [9.17, 15) is 0 Å². The van der Waals surface area contributed by atoms with Crippen molar-refractivity contribution < 1.29 is 0 Å². The number of hydrogen-bond acceptors (Lipinski definition) is 2. The summed E-state index contributed by atoms with van der Waals surface area (Å²) in [7, 11) is 0. The second kappa shape index (κ2) is 14.1. The van der Waals surface area contributed by atoms with Crippen LogP contribution in [-0.2, 0) is 5.41 Å². The zero-order valence-electron chi connectivity index (χ0n) is 34.4. The first-order chi connectivity index (χ1) is 31.2. The Morgan fingerprint density at radius 2 is 0.794 bits per heavy atom. The van der Waals surface area contributed by atoms with Crippen molar-refractivity contribution in [1.29, 1.82) is 0 Å². The molecule has 13 rings (SSSR count). The van der Waals surface area contributed by atoms with Crippen LogP contribution in [0.4, 0.5) is 17.1 Å². The van der Waals surface area contributed by atoms with Crippen molar-refractivity contribution in [2.24, 2.45) is 0 Å². The largest absolute Gasteiger partial charge is 0.310 e. The van der Waals surface area contributed by atoms with E-state index in [4.69, 9.17) is 0 Å². The van der Waals surface area contributed by atoms with Crippen molar-refractivity contribution in [3.63, 3.8) is 0 Å². The summed E-state index contributed by atoms with van der Waals surface area (Å²) in [6, 6.07) is 87.8. The van der Waals surface area contributed by atoms with E-state index in [1.165, 1.54) is 98.1 Å². The van der Waals surface area contributed by atoms with Crippen molar-refractivity contribution in [2.45, 2.75) is 5.41 Å². The molecule has 0 saturated heterocycles. The maximum Gasteiger partial charge on any atom is 0.0726 e. The van der Waals surface area contributed by atoms with E-state index in [-0.39, 0.29) is 0 Å². The minimum Gasteiger partial charge on any atom is -0.310 e. The van der Waals surface area contributed by atoms with Crippen molar-refractivity contribution in [2.75, 3.05) is 4.90 Å². The Hall–Kier alpha value is -7.78. The number of benzene rings is 10. The summed E-state index contributed by atoms with van der Waals surface area (Å²) >= 11 is 1.90. The van der Waals surface area contributed by atoms with Gasteiger partial charge in [-0.3, -0.25) is 0 Å². The van der Waals surface area contributed by atoms with Crippen molar-refractivity contribution in [3.8, 4) is 55.6 Å². The summed E-state index contributed by atoms with van der Waals surface area (Å²) < 4.78 is 2.65. The molecule has 10 aromatic carbocycles. The Morgan fingerprint density at radius 3 is 1.46 bits per heavy atom. The van der Waals surface area contributed by atoms with Crippen molar-refractivity contribution >= 4 is 48.6 Å².